The van der Waals surface area contributed by atoms with Crippen molar-refractivity contribution in [2.75, 3.05) is 51.3 Å². The standard InChI is InChI=1S/C16H25FN4O2S.HI/c1-18-16(19-7-6-14-2-4-15(17)5-3-14)20-8-9-21-10-12-24(22,23)13-11-21;/h2-5H,6-13H2,1H3,(H2,18,19,20);1H. The van der Waals surface area contributed by atoms with Gasteiger partial charge in [0.1, 0.15) is 5.82 Å². The second-order valence-corrected chi connectivity index (χ2v) is 8.10. The highest BCUT2D eigenvalue weighted by molar-refractivity contribution is 14.0. The third kappa shape index (κ3) is 8.32. The minimum Gasteiger partial charge on any atom is -0.356 e. The predicted octanol–water partition coefficient (Wildman–Crippen LogP) is 0.882. The predicted molar refractivity (Wildman–Crippen MR) is 110 cm³/mol. The van der Waals surface area contributed by atoms with Gasteiger partial charge in [-0.05, 0) is 24.1 Å². The highest BCUT2D eigenvalue weighted by Crippen LogP contribution is 2.03. The van der Waals surface area contributed by atoms with Crippen molar-refractivity contribution in [3.05, 3.63) is 35.6 Å². The minimum atomic E-state index is -2.82. The Morgan fingerprint density at radius 3 is 2.36 bits per heavy atom. The van der Waals surface area contributed by atoms with Crippen LogP contribution in [-0.2, 0) is 16.3 Å². The molecule has 142 valence electrons. The molecule has 25 heavy (non-hydrogen) atoms. The van der Waals surface area contributed by atoms with Crippen LogP contribution in [0.2, 0.25) is 0 Å². The summed E-state index contributed by atoms with van der Waals surface area (Å²) < 4.78 is 35.6. The number of nitrogens with one attached hydrogen (secondary N) is 2. The Morgan fingerprint density at radius 2 is 1.76 bits per heavy atom. The van der Waals surface area contributed by atoms with E-state index in [1.54, 1.807) is 19.2 Å². The summed E-state index contributed by atoms with van der Waals surface area (Å²) in [6, 6.07) is 6.47. The van der Waals surface area contributed by atoms with E-state index in [1.165, 1.54) is 12.1 Å². The van der Waals surface area contributed by atoms with E-state index in [4.69, 9.17) is 0 Å². The molecule has 0 unspecified atom stereocenters. The number of halogens is 2. The average Bonchev–Trinajstić information content (AvgIpc) is 2.56. The lowest BCUT2D eigenvalue weighted by Gasteiger charge is -2.26. The molecule has 0 saturated carbocycles. The summed E-state index contributed by atoms with van der Waals surface area (Å²) >= 11 is 0. The third-order valence-corrected chi connectivity index (χ3v) is 5.61. The molecule has 0 aliphatic carbocycles. The van der Waals surface area contributed by atoms with Crippen molar-refractivity contribution < 1.29 is 12.8 Å². The van der Waals surface area contributed by atoms with Crippen LogP contribution in [0.15, 0.2) is 29.3 Å². The summed E-state index contributed by atoms with van der Waals surface area (Å²) in [6.45, 7) is 3.39. The fourth-order valence-corrected chi connectivity index (χ4v) is 3.78. The Bertz CT molecular complexity index is 639. The lowest BCUT2D eigenvalue weighted by Crippen LogP contribution is -2.46. The molecule has 9 heteroatoms. The number of nitrogens with zero attached hydrogens (tertiary/aromatic N) is 2. The van der Waals surface area contributed by atoms with Crippen molar-refractivity contribution in [1.29, 1.82) is 0 Å². The van der Waals surface area contributed by atoms with Crippen LogP contribution in [0.25, 0.3) is 0 Å². The van der Waals surface area contributed by atoms with Crippen LogP contribution in [0.5, 0.6) is 0 Å². The van der Waals surface area contributed by atoms with Gasteiger partial charge in [0.05, 0.1) is 11.5 Å². The topological polar surface area (TPSA) is 73.8 Å². The van der Waals surface area contributed by atoms with E-state index in [-0.39, 0.29) is 41.3 Å². The summed E-state index contributed by atoms with van der Waals surface area (Å²) in [5, 5.41) is 6.43. The smallest absolute Gasteiger partial charge is 0.191 e. The molecule has 0 atom stereocenters. The van der Waals surface area contributed by atoms with Gasteiger partial charge in [0.2, 0.25) is 0 Å². The fourth-order valence-electron chi connectivity index (χ4n) is 2.50. The summed E-state index contributed by atoms with van der Waals surface area (Å²) in [7, 11) is -1.12. The van der Waals surface area contributed by atoms with Crippen molar-refractivity contribution in [3.8, 4) is 0 Å². The van der Waals surface area contributed by atoms with Gasteiger partial charge in [0.25, 0.3) is 0 Å². The lowest BCUT2D eigenvalue weighted by atomic mass is 10.1. The van der Waals surface area contributed by atoms with E-state index in [2.05, 4.69) is 20.5 Å². The molecule has 0 radical (unpaired) electrons. The maximum atomic E-state index is 12.8. The first-order valence-corrected chi connectivity index (χ1v) is 9.92. The van der Waals surface area contributed by atoms with Gasteiger partial charge in [0.15, 0.2) is 15.8 Å². The Hall–Kier alpha value is -0.940. The first kappa shape index (κ1) is 22.1. The number of benzene rings is 1. The first-order chi connectivity index (χ1) is 11.5. The number of rotatable bonds is 6. The van der Waals surface area contributed by atoms with E-state index < -0.39 is 9.84 Å². The number of sulfone groups is 1. The molecule has 0 aromatic heterocycles. The van der Waals surface area contributed by atoms with E-state index in [1.807, 2.05) is 0 Å². The SMILES string of the molecule is CN=C(NCCc1ccc(F)cc1)NCCN1CCS(=O)(=O)CC1.I. The van der Waals surface area contributed by atoms with Crippen molar-refractivity contribution in [3.63, 3.8) is 0 Å². The molecule has 6 nitrogen and oxygen atoms in total. The van der Waals surface area contributed by atoms with Crippen LogP contribution in [0.3, 0.4) is 0 Å². The number of guanidine groups is 1. The molecule has 1 aromatic rings. The van der Waals surface area contributed by atoms with Crippen LogP contribution in [-0.4, -0.2) is 70.6 Å². The highest BCUT2D eigenvalue weighted by atomic mass is 127. The van der Waals surface area contributed by atoms with Gasteiger partial charge in [-0.3, -0.25) is 9.89 Å². The molecule has 0 spiro atoms. The molecule has 1 aliphatic heterocycles. The molecular weight excluding hydrogens is 458 g/mol. The second kappa shape index (κ2) is 10.9. The molecule has 2 rings (SSSR count). The van der Waals surface area contributed by atoms with Crippen molar-refractivity contribution in [2.45, 2.75) is 6.42 Å². The van der Waals surface area contributed by atoms with E-state index >= 15 is 0 Å². The molecule has 1 fully saturated rings. The maximum Gasteiger partial charge on any atom is 0.191 e. The summed E-state index contributed by atoms with van der Waals surface area (Å²) in [6.07, 6.45) is 0.783. The van der Waals surface area contributed by atoms with Gasteiger partial charge >= 0.3 is 0 Å². The molecule has 2 N–H and O–H groups in total. The molecule has 1 aliphatic rings. The van der Waals surface area contributed by atoms with Gasteiger partial charge in [-0.25, -0.2) is 12.8 Å². The number of hydrogen-bond donors (Lipinski definition) is 2. The molecular formula is C16H26FIN4O2S. The van der Waals surface area contributed by atoms with Crippen molar-refractivity contribution >= 4 is 39.8 Å². The van der Waals surface area contributed by atoms with Gasteiger partial charge in [-0.1, -0.05) is 12.1 Å². The fraction of sp³-hybridized carbons (Fsp3) is 0.562. The van der Waals surface area contributed by atoms with Crippen molar-refractivity contribution in [1.82, 2.24) is 15.5 Å². The summed E-state index contributed by atoms with van der Waals surface area (Å²) in [4.78, 5) is 6.30. The second-order valence-electron chi connectivity index (χ2n) is 5.80. The number of aliphatic imine (C=N–C) groups is 1. The number of hydrogen-bond acceptors (Lipinski definition) is 4. The van der Waals surface area contributed by atoms with Crippen molar-refractivity contribution in [2.24, 2.45) is 4.99 Å². The average molecular weight is 484 g/mol. The first-order valence-electron chi connectivity index (χ1n) is 8.10. The normalized spacial score (nSPS) is 17.6. The Morgan fingerprint density at radius 1 is 1.16 bits per heavy atom. The van der Waals surface area contributed by atoms with Crippen LogP contribution >= 0.6 is 24.0 Å². The maximum absolute atomic E-state index is 12.8. The minimum absolute atomic E-state index is 0. The van der Waals surface area contributed by atoms with Gasteiger partial charge < -0.3 is 10.6 Å². The molecule has 1 saturated heterocycles. The Labute approximate surface area is 166 Å². The van der Waals surface area contributed by atoms with Crippen LogP contribution in [0.4, 0.5) is 4.39 Å². The van der Waals surface area contributed by atoms with E-state index in [0.717, 1.165) is 18.5 Å². The van der Waals surface area contributed by atoms with Gasteiger partial charge in [-0.2, -0.15) is 0 Å². The Balaban J connectivity index is 0.00000312. The van der Waals surface area contributed by atoms with E-state index in [9.17, 15) is 12.8 Å². The summed E-state index contributed by atoms with van der Waals surface area (Å²) in [5.74, 6) is 0.978. The largest absolute Gasteiger partial charge is 0.356 e. The molecule has 1 heterocycles. The molecule has 0 bridgehead atoms. The monoisotopic (exact) mass is 484 g/mol. The highest BCUT2D eigenvalue weighted by Gasteiger charge is 2.20. The van der Waals surface area contributed by atoms with E-state index in [0.29, 0.717) is 32.1 Å². The van der Waals surface area contributed by atoms with Crippen LogP contribution < -0.4 is 10.6 Å². The third-order valence-electron chi connectivity index (χ3n) is 4.00. The quantitative estimate of drug-likeness (QED) is 0.357. The van der Waals surface area contributed by atoms with Gasteiger partial charge in [-0.15, -0.1) is 24.0 Å². The zero-order valence-corrected chi connectivity index (χ0v) is 17.5. The van der Waals surface area contributed by atoms with Gasteiger partial charge in [0, 0.05) is 39.8 Å². The lowest BCUT2D eigenvalue weighted by molar-refractivity contribution is 0.299. The molecule has 0 amide bonds. The summed E-state index contributed by atoms with van der Waals surface area (Å²) in [5.41, 5.74) is 1.06. The zero-order valence-electron chi connectivity index (χ0n) is 14.4. The van der Waals surface area contributed by atoms with Crippen LogP contribution in [0, 0.1) is 5.82 Å². The van der Waals surface area contributed by atoms with Crippen LogP contribution in [0.1, 0.15) is 5.56 Å². The molecule has 1 aromatic carbocycles. The Kier molecular flexibility index (Phi) is 9.65. The zero-order chi connectivity index (χ0) is 17.4.